The van der Waals surface area contributed by atoms with Crippen molar-refractivity contribution in [3.8, 4) is 0 Å². The highest BCUT2D eigenvalue weighted by molar-refractivity contribution is 6.35. The van der Waals surface area contributed by atoms with E-state index in [1.165, 1.54) is 6.07 Å². The molecule has 86 valence electrons. The standard InChI is InChI=1S/C13H13ClFN.H2/c1-8(2)9-6-7-16-13(9)12-10(14)4-3-5-11(12)15;/h3-6,8H,7H2,1-2H3;1H. The van der Waals surface area contributed by atoms with Crippen molar-refractivity contribution in [2.24, 2.45) is 10.9 Å². The third-order valence-corrected chi connectivity index (χ3v) is 2.97. The fourth-order valence-electron chi connectivity index (χ4n) is 1.88. The summed E-state index contributed by atoms with van der Waals surface area (Å²) in [6, 6.07) is 4.72. The van der Waals surface area contributed by atoms with Crippen molar-refractivity contribution >= 4 is 17.3 Å². The molecule has 0 amide bonds. The van der Waals surface area contributed by atoms with Gasteiger partial charge in [0.25, 0.3) is 0 Å². The molecule has 0 saturated carbocycles. The smallest absolute Gasteiger partial charge is 0.134 e. The van der Waals surface area contributed by atoms with Crippen molar-refractivity contribution in [3.05, 3.63) is 46.3 Å². The highest BCUT2D eigenvalue weighted by Crippen LogP contribution is 2.28. The maximum absolute atomic E-state index is 13.7. The summed E-state index contributed by atoms with van der Waals surface area (Å²) < 4.78 is 13.7. The molecule has 0 bridgehead atoms. The Kier molecular flexibility index (Phi) is 3.10. The molecule has 3 heteroatoms. The lowest BCUT2D eigenvalue weighted by molar-refractivity contribution is 0.625. The minimum atomic E-state index is -0.306. The Morgan fingerprint density at radius 1 is 1.44 bits per heavy atom. The Balaban J connectivity index is 0.00000144. The monoisotopic (exact) mass is 239 g/mol. The second kappa shape index (κ2) is 4.38. The lowest BCUT2D eigenvalue weighted by Gasteiger charge is -2.12. The molecular weight excluding hydrogens is 225 g/mol. The van der Waals surface area contributed by atoms with E-state index in [4.69, 9.17) is 11.6 Å². The fraction of sp³-hybridized carbons (Fsp3) is 0.308. The SMILES string of the molecule is CC(C)C1=CCN=C1c1c(F)cccc1Cl.[HH]. The van der Waals surface area contributed by atoms with Gasteiger partial charge in [0.15, 0.2) is 0 Å². The van der Waals surface area contributed by atoms with Crippen LogP contribution in [0.2, 0.25) is 5.02 Å². The van der Waals surface area contributed by atoms with Gasteiger partial charge in [-0.05, 0) is 23.6 Å². The zero-order chi connectivity index (χ0) is 11.7. The normalized spacial score (nSPS) is 15.3. The van der Waals surface area contributed by atoms with E-state index in [1.807, 2.05) is 6.08 Å². The number of allylic oxidation sites excluding steroid dienone is 1. The van der Waals surface area contributed by atoms with Gasteiger partial charge in [-0.15, -0.1) is 0 Å². The van der Waals surface area contributed by atoms with Crippen LogP contribution in [0.25, 0.3) is 0 Å². The van der Waals surface area contributed by atoms with Crippen LogP contribution in [0.4, 0.5) is 4.39 Å². The van der Waals surface area contributed by atoms with Gasteiger partial charge < -0.3 is 0 Å². The summed E-state index contributed by atoms with van der Waals surface area (Å²) in [4.78, 5) is 4.33. The van der Waals surface area contributed by atoms with Crippen molar-refractivity contribution in [2.75, 3.05) is 6.54 Å². The van der Waals surface area contributed by atoms with Crippen LogP contribution < -0.4 is 0 Å². The number of hydrogen-bond acceptors (Lipinski definition) is 1. The van der Waals surface area contributed by atoms with Gasteiger partial charge >= 0.3 is 0 Å². The van der Waals surface area contributed by atoms with Gasteiger partial charge in [0.1, 0.15) is 5.82 Å². The van der Waals surface area contributed by atoms with E-state index >= 15 is 0 Å². The van der Waals surface area contributed by atoms with Gasteiger partial charge in [0, 0.05) is 1.43 Å². The highest BCUT2D eigenvalue weighted by Gasteiger charge is 2.21. The van der Waals surface area contributed by atoms with E-state index < -0.39 is 0 Å². The lowest BCUT2D eigenvalue weighted by atomic mass is 9.94. The van der Waals surface area contributed by atoms with Crippen molar-refractivity contribution in [3.63, 3.8) is 0 Å². The van der Waals surface area contributed by atoms with Crippen LogP contribution in [0, 0.1) is 11.7 Å². The third kappa shape index (κ3) is 1.90. The molecule has 1 aromatic carbocycles. The summed E-state index contributed by atoms with van der Waals surface area (Å²) >= 11 is 6.03. The van der Waals surface area contributed by atoms with Crippen molar-refractivity contribution in [1.82, 2.24) is 0 Å². The first-order valence-corrected chi connectivity index (χ1v) is 5.68. The molecule has 1 nitrogen and oxygen atoms in total. The first-order valence-electron chi connectivity index (χ1n) is 5.30. The van der Waals surface area contributed by atoms with Gasteiger partial charge in [-0.1, -0.05) is 37.6 Å². The van der Waals surface area contributed by atoms with Gasteiger partial charge in [0.2, 0.25) is 0 Å². The van der Waals surface area contributed by atoms with Crippen LogP contribution in [-0.2, 0) is 0 Å². The van der Waals surface area contributed by atoms with Gasteiger partial charge in [-0.25, -0.2) is 4.39 Å². The van der Waals surface area contributed by atoms with Crippen LogP contribution in [0.5, 0.6) is 0 Å². The highest BCUT2D eigenvalue weighted by atomic mass is 35.5. The number of rotatable bonds is 2. The summed E-state index contributed by atoms with van der Waals surface area (Å²) in [6.45, 7) is 4.76. The van der Waals surface area contributed by atoms with Crippen molar-refractivity contribution < 1.29 is 5.82 Å². The average Bonchev–Trinajstić information content (AvgIpc) is 2.66. The summed E-state index contributed by atoms with van der Waals surface area (Å²) in [7, 11) is 0. The van der Waals surface area contributed by atoms with E-state index in [9.17, 15) is 4.39 Å². The fourth-order valence-corrected chi connectivity index (χ4v) is 2.13. The van der Waals surface area contributed by atoms with E-state index in [-0.39, 0.29) is 7.24 Å². The Hall–Kier alpha value is -1.15. The minimum Gasteiger partial charge on any atom is -0.280 e. The van der Waals surface area contributed by atoms with E-state index in [0.29, 0.717) is 28.8 Å². The van der Waals surface area contributed by atoms with E-state index in [0.717, 1.165) is 5.57 Å². The van der Waals surface area contributed by atoms with Crippen LogP contribution in [0.3, 0.4) is 0 Å². The molecule has 0 saturated heterocycles. The number of nitrogens with zero attached hydrogens (tertiary/aromatic N) is 1. The number of aliphatic imine (C=N–C) groups is 1. The Morgan fingerprint density at radius 3 is 2.81 bits per heavy atom. The Morgan fingerprint density at radius 2 is 2.19 bits per heavy atom. The Bertz CT molecular complexity index is 460. The number of benzene rings is 1. The second-order valence-corrected chi connectivity index (χ2v) is 4.51. The predicted octanol–water partition coefficient (Wildman–Crippen LogP) is 4.11. The third-order valence-electron chi connectivity index (χ3n) is 2.66. The molecule has 1 aliphatic rings. The summed E-state index contributed by atoms with van der Waals surface area (Å²) in [5, 5.41) is 0.423. The van der Waals surface area contributed by atoms with Crippen molar-refractivity contribution in [2.45, 2.75) is 13.8 Å². The molecule has 0 aromatic heterocycles. The van der Waals surface area contributed by atoms with Crippen LogP contribution >= 0.6 is 11.6 Å². The summed E-state index contributed by atoms with van der Waals surface area (Å²) in [5.41, 5.74) is 2.21. The lowest BCUT2D eigenvalue weighted by Crippen LogP contribution is -2.10. The maximum atomic E-state index is 13.7. The van der Waals surface area contributed by atoms with Crippen LogP contribution in [-0.4, -0.2) is 12.3 Å². The zero-order valence-corrected chi connectivity index (χ0v) is 10.1. The van der Waals surface area contributed by atoms with Crippen LogP contribution in [0.1, 0.15) is 20.8 Å². The van der Waals surface area contributed by atoms with Gasteiger partial charge in [-0.2, -0.15) is 0 Å². The quantitative estimate of drug-likeness (QED) is 0.737. The first-order chi connectivity index (χ1) is 7.61. The molecule has 1 heterocycles. The van der Waals surface area contributed by atoms with Gasteiger partial charge in [-0.3, -0.25) is 4.99 Å². The molecule has 0 fully saturated rings. The maximum Gasteiger partial charge on any atom is 0.134 e. The summed E-state index contributed by atoms with van der Waals surface area (Å²) in [5.74, 6) is 0.0247. The predicted molar refractivity (Wildman–Crippen MR) is 67.8 cm³/mol. The first kappa shape index (κ1) is 11.3. The number of hydrogen-bond donors (Lipinski definition) is 0. The second-order valence-electron chi connectivity index (χ2n) is 4.10. The molecular formula is C13H15ClFN. The van der Waals surface area contributed by atoms with Gasteiger partial charge in [0.05, 0.1) is 22.8 Å². The molecule has 0 radical (unpaired) electrons. The topological polar surface area (TPSA) is 12.4 Å². The largest absolute Gasteiger partial charge is 0.280 e. The number of halogens is 2. The zero-order valence-electron chi connectivity index (χ0n) is 9.30. The molecule has 0 spiro atoms. The van der Waals surface area contributed by atoms with E-state index in [2.05, 4.69) is 18.8 Å². The Labute approximate surface area is 101 Å². The molecule has 2 rings (SSSR count). The minimum absolute atomic E-state index is 0. The molecule has 16 heavy (non-hydrogen) atoms. The summed E-state index contributed by atoms with van der Waals surface area (Å²) in [6.07, 6.45) is 2.03. The molecule has 1 aliphatic heterocycles. The molecule has 0 aliphatic carbocycles. The average molecular weight is 240 g/mol. The van der Waals surface area contributed by atoms with Crippen molar-refractivity contribution in [1.29, 1.82) is 0 Å². The van der Waals surface area contributed by atoms with E-state index in [1.54, 1.807) is 12.1 Å². The molecule has 0 atom stereocenters. The molecule has 1 aromatic rings. The van der Waals surface area contributed by atoms with Crippen LogP contribution in [0.15, 0.2) is 34.8 Å². The molecule has 0 unspecified atom stereocenters. The molecule has 0 N–H and O–H groups in total.